The van der Waals surface area contributed by atoms with Crippen LogP contribution in [0.25, 0.3) is 22.5 Å². The minimum Gasteiger partial charge on any atom is -0.392 e. The highest BCUT2D eigenvalue weighted by Crippen LogP contribution is 2.38. The first-order valence-electron chi connectivity index (χ1n) is 11.7. The average molecular weight is 542 g/mol. The number of aliphatic hydroxyl groups excluding tert-OH is 1. The second kappa shape index (κ2) is 11.0. The van der Waals surface area contributed by atoms with Gasteiger partial charge in [-0.05, 0) is 31.2 Å². The van der Waals surface area contributed by atoms with Gasteiger partial charge in [0, 0.05) is 37.1 Å². The van der Waals surface area contributed by atoms with Crippen molar-refractivity contribution in [3.8, 4) is 22.5 Å². The molecular formula is C27H23F4N5O3. The first-order valence-corrected chi connectivity index (χ1v) is 11.7. The third-order valence-electron chi connectivity index (χ3n) is 5.65. The summed E-state index contributed by atoms with van der Waals surface area (Å²) in [5, 5.41) is 18.4. The van der Waals surface area contributed by atoms with Crippen molar-refractivity contribution >= 4 is 17.5 Å². The molecule has 0 fully saturated rings. The van der Waals surface area contributed by atoms with Gasteiger partial charge < -0.3 is 15.7 Å². The van der Waals surface area contributed by atoms with Gasteiger partial charge in [0.05, 0.1) is 39.9 Å². The highest BCUT2D eigenvalue weighted by Gasteiger charge is 2.36. The number of carbonyl (C=O) groups is 2. The number of nitrogens with zero attached hydrogens (tertiary/aromatic N) is 3. The molecular weight excluding hydrogens is 518 g/mol. The van der Waals surface area contributed by atoms with Crippen LogP contribution in [0.4, 0.5) is 23.2 Å². The van der Waals surface area contributed by atoms with E-state index in [1.165, 1.54) is 43.2 Å². The van der Waals surface area contributed by atoms with Crippen molar-refractivity contribution in [2.75, 3.05) is 11.9 Å². The monoisotopic (exact) mass is 541 g/mol. The maximum absolute atomic E-state index is 15.0. The van der Waals surface area contributed by atoms with Crippen LogP contribution in [0, 0.1) is 5.82 Å². The van der Waals surface area contributed by atoms with E-state index >= 15 is 0 Å². The van der Waals surface area contributed by atoms with E-state index in [-0.39, 0.29) is 35.2 Å². The SMILES string of the molecule is CC(O)CNC(=O)c1cnc(-c2ccccc2)c(NC(=O)c2cc(-c3ccn(C)n3)c(C(F)(F)F)cc2F)c1. The highest BCUT2D eigenvalue weighted by molar-refractivity contribution is 6.07. The molecule has 2 aromatic carbocycles. The lowest BCUT2D eigenvalue weighted by atomic mass is 9.99. The molecule has 0 radical (unpaired) electrons. The molecule has 202 valence electrons. The predicted molar refractivity (Wildman–Crippen MR) is 135 cm³/mol. The first-order chi connectivity index (χ1) is 18.4. The third-order valence-corrected chi connectivity index (χ3v) is 5.65. The molecule has 1 atom stereocenters. The Bertz CT molecular complexity index is 1520. The number of rotatable bonds is 7. The number of benzene rings is 2. The van der Waals surface area contributed by atoms with Crippen LogP contribution in [0.1, 0.15) is 33.2 Å². The molecule has 0 saturated carbocycles. The van der Waals surface area contributed by atoms with E-state index in [9.17, 15) is 32.3 Å². The van der Waals surface area contributed by atoms with Crippen molar-refractivity contribution < 1.29 is 32.3 Å². The number of aromatic nitrogens is 3. The number of carbonyl (C=O) groups excluding carboxylic acids is 2. The predicted octanol–water partition coefficient (Wildman–Crippen LogP) is 4.67. The fraction of sp³-hybridized carbons (Fsp3) is 0.185. The summed E-state index contributed by atoms with van der Waals surface area (Å²) in [4.78, 5) is 30.1. The summed E-state index contributed by atoms with van der Waals surface area (Å²) in [5.74, 6) is -3.03. The van der Waals surface area contributed by atoms with Crippen LogP contribution in [0.2, 0.25) is 0 Å². The number of amides is 2. The van der Waals surface area contributed by atoms with Crippen molar-refractivity contribution in [3.05, 3.63) is 89.5 Å². The Kier molecular flexibility index (Phi) is 7.77. The van der Waals surface area contributed by atoms with Gasteiger partial charge in [0.25, 0.3) is 11.8 Å². The lowest BCUT2D eigenvalue weighted by Gasteiger charge is -2.16. The number of alkyl halides is 3. The Hall–Kier alpha value is -4.58. The number of hydrogen-bond acceptors (Lipinski definition) is 5. The van der Waals surface area contributed by atoms with Gasteiger partial charge in [0.2, 0.25) is 0 Å². The maximum Gasteiger partial charge on any atom is 0.417 e. The summed E-state index contributed by atoms with van der Waals surface area (Å²) in [5.41, 5.74) is -1.64. The normalized spacial score (nSPS) is 12.2. The Balaban J connectivity index is 1.77. The lowest BCUT2D eigenvalue weighted by molar-refractivity contribution is -0.137. The van der Waals surface area contributed by atoms with Crippen molar-refractivity contribution in [3.63, 3.8) is 0 Å². The van der Waals surface area contributed by atoms with Crippen molar-refractivity contribution in [2.24, 2.45) is 7.05 Å². The van der Waals surface area contributed by atoms with Gasteiger partial charge >= 0.3 is 6.18 Å². The number of halogens is 4. The quantitative estimate of drug-likeness (QED) is 0.295. The molecule has 1 unspecified atom stereocenters. The molecule has 2 amide bonds. The Morgan fingerprint density at radius 3 is 2.41 bits per heavy atom. The van der Waals surface area contributed by atoms with Crippen LogP contribution < -0.4 is 10.6 Å². The van der Waals surface area contributed by atoms with E-state index in [1.54, 1.807) is 30.3 Å². The standard InChI is InChI=1S/C27H23F4N5O3/c1-15(37)13-33-25(38)17-10-23(24(32-14-17)16-6-4-3-5-7-16)34-26(39)19-11-18(22-8-9-36(2)35-22)20(12-21(19)28)27(29,30)31/h3-12,14-15,37H,13H2,1-2H3,(H,33,38)(H,34,39). The number of pyridine rings is 1. The van der Waals surface area contributed by atoms with Crippen LogP contribution in [0.5, 0.6) is 0 Å². The Labute approximate surface area is 220 Å². The van der Waals surface area contributed by atoms with Gasteiger partial charge in [0.15, 0.2) is 0 Å². The van der Waals surface area contributed by atoms with E-state index < -0.39 is 46.6 Å². The van der Waals surface area contributed by atoms with Gasteiger partial charge in [-0.1, -0.05) is 30.3 Å². The second-order valence-corrected chi connectivity index (χ2v) is 8.75. The van der Waals surface area contributed by atoms with Crippen LogP contribution >= 0.6 is 0 Å². The topological polar surface area (TPSA) is 109 Å². The zero-order valence-electron chi connectivity index (χ0n) is 20.8. The average Bonchev–Trinajstić information content (AvgIpc) is 3.33. The maximum atomic E-state index is 15.0. The number of aryl methyl sites for hydroxylation is 1. The number of aliphatic hydroxyl groups is 1. The zero-order valence-corrected chi connectivity index (χ0v) is 20.8. The zero-order chi connectivity index (χ0) is 28.3. The molecule has 0 aliphatic rings. The summed E-state index contributed by atoms with van der Waals surface area (Å²) in [6.45, 7) is 1.45. The molecule has 0 aliphatic carbocycles. The largest absolute Gasteiger partial charge is 0.417 e. The van der Waals surface area contributed by atoms with Crippen LogP contribution in [-0.4, -0.2) is 44.3 Å². The Morgan fingerprint density at radius 1 is 1.08 bits per heavy atom. The van der Waals surface area contributed by atoms with E-state index in [2.05, 4.69) is 20.7 Å². The third kappa shape index (κ3) is 6.29. The molecule has 2 heterocycles. The van der Waals surface area contributed by atoms with Crippen molar-refractivity contribution in [1.82, 2.24) is 20.1 Å². The van der Waals surface area contributed by atoms with Gasteiger partial charge in [-0.2, -0.15) is 18.3 Å². The van der Waals surface area contributed by atoms with Gasteiger partial charge in [-0.25, -0.2) is 4.39 Å². The molecule has 12 heteroatoms. The molecule has 39 heavy (non-hydrogen) atoms. The molecule has 3 N–H and O–H groups in total. The number of nitrogens with one attached hydrogen (secondary N) is 2. The molecule has 2 aromatic heterocycles. The Morgan fingerprint density at radius 2 is 1.79 bits per heavy atom. The molecule has 0 bridgehead atoms. The molecule has 0 aliphatic heterocycles. The summed E-state index contributed by atoms with van der Waals surface area (Å²) in [6, 6.07) is 12.3. The van der Waals surface area contributed by atoms with Crippen molar-refractivity contribution in [1.29, 1.82) is 0 Å². The number of hydrogen-bond donors (Lipinski definition) is 3. The lowest BCUT2D eigenvalue weighted by Crippen LogP contribution is -2.30. The van der Waals surface area contributed by atoms with Gasteiger partial charge in [-0.3, -0.25) is 19.3 Å². The highest BCUT2D eigenvalue weighted by atomic mass is 19.4. The first kappa shape index (κ1) is 27.5. The summed E-state index contributed by atoms with van der Waals surface area (Å²) in [6.07, 6.45) is -3.01. The fourth-order valence-electron chi connectivity index (χ4n) is 3.79. The van der Waals surface area contributed by atoms with Crippen LogP contribution in [0.3, 0.4) is 0 Å². The minimum absolute atomic E-state index is 0.0228. The molecule has 8 nitrogen and oxygen atoms in total. The van der Waals surface area contributed by atoms with E-state index in [1.807, 2.05) is 0 Å². The van der Waals surface area contributed by atoms with Gasteiger partial charge in [0.1, 0.15) is 5.82 Å². The van der Waals surface area contributed by atoms with Crippen LogP contribution in [-0.2, 0) is 13.2 Å². The van der Waals surface area contributed by atoms with Crippen LogP contribution in [0.15, 0.2) is 67.0 Å². The molecule has 0 saturated heterocycles. The molecule has 4 rings (SSSR count). The van der Waals surface area contributed by atoms with Crippen molar-refractivity contribution in [2.45, 2.75) is 19.2 Å². The van der Waals surface area contributed by atoms with E-state index in [0.717, 1.165) is 6.07 Å². The summed E-state index contributed by atoms with van der Waals surface area (Å²) in [7, 11) is 1.51. The van der Waals surface area contributed by atoms with E-state index in [0.29, 0.717) is 5.56 Å². The molecule has 4 aromatic rings. The molecule has 0 spiro atoms. The number of anilines is 1. The van der Waals surface area contributed by atoms with E-state index in [4.69, 9.17) is 0 Å². The minimum atomic E-state index is -4.90. The summed E-state index contributed by atoms with van der Waals surface area (Å²) >= 11 is 0. The second-order valence-electron chi connectivity index (χ2n) is 8.75. The summed E-state index contributed by atoms with van der Waals surface area (Å²) < 4.78 is 57.4. The smallest absolute Gasteiger partial charge is 0.392 e. The fourth-order valence-corrected chi connectivity index (χ4v) is 3.79. The van der Waals surface area contributed by atoms with Gasteiger partial charge in [-0.15, -0.1) is 0 Å².